The minimum Gasteiger partial charge on any atom is -0.469 e. The van der Waals surface area contributed by atoms with Gasteiger partial charge in [0.1, 0.15) is 5.76 Å². The largest absolute Gasteiger partial charge is 0.469 e. The van der Waals surface area contributed by atoms with Crippen molar-refractivity contribution in [1.29, 1.82) is 0 Å². The van der Waals surface area contributed by atoms with Crippen LogP contribution >= 0.6 is 0 Å². The van der Waals surface area contributed by atoms with E-state index in [0.29, 0.717) is 19.4 Å². The molecule has 1 aromatic carbocycles. The number of furan rings is 1. The van der Waals surface area contributed by atoms with Gasteiger partial charge in [-0.05, 0) is 37.6 Å². The molecule has 0 aliphatic rings. The molecule has 0 unspecified atom stereocenters. The zero-order valence-corrected chi connectivity index (χ0v) is 13.3. The highest BCUT2D eigenvalue weighted by atomic mass is 32.2. The van der Waals surface area contributed by atoms with Crippen LogP contribution in [0.15, 0.2) is 70.5 Å². The predicted molar refractivity (Wildman–Crippen MR) is 85.8 cm³/mol. The van der Waals surface area contributed by atoms with E-state index in [1.165, 1.54) is 10.5 Å². The van der Waals surface area contributed by atoms with Crippen molar-refractivity contribution in [3.8, 4) is 0 Å². The van der Waals surface area contributed by atoms with Gasteiger partial charge >= 0.3 is 0 Å². The SMILES string of the molecule is C=C=CN(CCCc1ccco1)S(=O)(=O)c1ccc(C)cc1. The maximum Gasteiger partial charge on any atom is 0.264 e. The highest BCUT2D eigenvalue weighted by Crippen LogP contribution is 2.17. The summed E-state index contributed by atoms with van der Waals surface area (Å²) in [6, 6.07) is 10.5. The van der Waals surface area contributed by atoms with Crippen molar-refractivity contribution < 1.29 is 12.8 Å². The second kappa shape index (κ2) is 7.16. The zero-order chi connectivity index (χ0) is 16.0. The van der Waals surface area contributed by atoms with Gasteiger partial charge in [0.25, 0.3) is 10.0 Å². The van der Waals surface area contributed by atoms with Crippen LogP contribution in [-0.4, -0.2) is 19.3 Å². The van der Waals surface area contributed by atoms with Crippen LogP contribution in [0.2, 0.25) is 0 Å². The molecule has 2 rings (SSSR count). The van der Waals surface area contributed by atoms with Crippen molar-refractivity contribution in [3.05, 3.63) is 72.5 Å². The molecule has 0 radical (unpaired) electrons. The average molecular weight is 317 g/mol. The van der Waals surface area contributed by atoms with Gasteiger partial charge < -0.3 is 4.42 Å². The lowest BCUT2D eigenvalue weighted by molar-refractivity contribution is 0.462. The fourth-order valence-electron chi connectivity index (χ4n) is 2.07. The summed E-state index contributed by atoms with van der Waals surface area (Å²) in [6.07, 6.45) is 4.31. The van der Waals surface area contributed by atoms with Gasteiger partial charge in [-0.25, -0.2) is 8.42 Å². The molecule has 2 aromatic rings. The third-order valence-corrected chi connectivity index (χ3v) is 5.02. The molecule has 116 valence electrons. The summed E-state index contributed by atoms with van der Waals surface area (Å²) in [4.78, 5) is 0.266. The normalized spacial score (nSPS) is 11.0. The molecule has 0 N–H and O–H groups in total. The summed E-state index contributed by atoms with van der Waals surface area (Å²) < 4.78 is 31.8. The van der Waals surface area contributed by atoms with Crippen LogP contribution in [0.5, 0.6) is 0 Å². The maximum atomic E-state index is 12.6. The molecule has 1 aromatic heterocycles. The Morgan fingerprint density at radius 2 is 2.00 bits per heavy atom. The first-order chi connectivity index (χ1) is 10.5. The number of hydrogen-bond acceptors (Lipinski definition) is 3. The van der Waals surface area contributed by atoms with Crippen LogP contribution in [0.4, 0.5) is 0 Å². The first kappa shape index (κ1) is 16.1. The van der Waals surface area contributed by atoms with Gasteiger partial charge in [0.15, 0.2) is 0 Å². The molecule has 5 heteroatoms. The summed E-state index contributed by atoms with van der Waals surface area (Å²) in [5.74, 6) is 0.843. The third kappa shape index (κ3) is 3.91. The monoisotopic (exact) mass is 317 g/mol. The molecular weight excluding hydrogens is 298 g/mol. The lowest BCUT2D eigenvalue weighted by Gasteiger charge is -2.19. The number of rotatable bonds is 7. The quantitative estimate of drug-likeness (QED) is 0.734. The lowest BCUT2D eigenvalue weighted by Crippen LogP contribution is -2.27. The molecule has 0 saturated carbocycles. The number of benzene rings is 1. The van der Waals surface area contributed by atoms with E-state index in [9.17, 15) is 8.42 Å². The van der Waals surface area contributed by atoms with Crippen LogP contribution in [0.1, 0.15) is 17.7 Å². The maximum absolute atomic E-state index is 12.6. The van der Waals surface area contributed by atoms with Gasteiger partial charge in [-0.1, -0.05) is 24.3 Å². The van der Waals surface area contributed by atoms with E-state index in [4.69, 9.17) is 4.42 Å². The summed E-state index contributed by atoms with van der Waals surface area (Å²) >= 11 is 0. The summed E-state index contributed by atoms with van der Waals surface area (Å²) in [5, 5.41) is 0. The molecule has 22 heavy (non-hydrogen) atoms. The van der Waals surface area contributed by atoms with E-state index < -0.39 is 10.0 Å². The van der Waals surface area contributed by atoms with Crippen molar-refractivity contribution in [1.82, 2.24) is 4.31 Å². The van der Waals surface area contributed by atoms with Gasteiger partial charge in [0, 0.05) is 13.0 Å². The molecule has 0 aliphatic carbocycles. The first-order valence-corrected chi connectivity index (χ1v) is 8.45. The molecule has 0 amide bonds. The Morgan fingerprint density at radius 3 is 2.59 bits per heavy atom. The Bertz CT molecular complexity index is 740. The van der Waals surface area contributed by atoms with Crippen molar-refractivity contribution in [2.45, 2.75) is 24.7 Å². The molecule has 4 nitrogen and oxygen atoms in total. The molecule has 0 saturated heterocycles. The fraction of sp³-hybridized carbons (Fsp3) is 0.235. The van der Waals surface area contributed by atoms with Crippen LogP contribution in [0, 0.1) is 6.92 Å². The van der Waals surface area contributed by atoms with Crippen LogP contribution in [0.25, 0.3) is 0 Å². The second-order valence-corrected chi connectivity index (χ2v) is 6.84. The molecule has 0 bridgehead atoms. The van der Waals surface area contributed by atoms with E-state index in [-0.39, 0.29) is 4.90 Å². The first-order valence-electron chi connectivity index (χ1n) is 7.01. The fourth-order valence-corrected chi connectivity index (χ4v) is 3.40. The molecule has 1 heterocycles. The van der Waals surface area contributed by atoms with Crippen LogP contribution in [0.3, 0.4) is 0 Å². The van der Waals surface area contributed by atoms with Gasteiger partial charge in [0.2, 0.25) is 0 Å². The minimum absolute atomic E-state index is 0.266. The summed E-state index contributed by atoms with van der Waals surface area (Å²) in [7, 11) is -3.58. The highest BCUT2D eigenvalue weighted by molar-refractivity contribution is 7.89. The third-order valence-electron chi connectivity index (χ3n) is 3.24. The molecule has 0 fully saturated rings. The Labute approximate surface area is 131 Å². The van der Waals surface area contributed by atoms with Crippen molar-refractivity contribution in [2.75, 3.05) is 6.54 Å². The number of aryl methyl sites for hydroxylation is 2. The standard InChI is InChI=1S/C17H19NO3S/c1-3-12-18(13-4-6-16-7-5-14-21-16)22(19,20)17-10-8-15(2)9-11-17/h5,7-12,14H,1,4,6,13H2,2H3. The topological polar surface area (TPSA) is 50.5 Å². The number of nitrogens with zero attached hydrogens (tertiary/aromatic N) is 1. The predicted octanol–water partition coefficient (Wildman–Crippen LogP) is 3.51. The van der Waals surface area contributed by atoms with Crippen molar-refractivity contribution in [2.24, 2.45) is 0 Å². The second-order valence-electron chi connectivity index (χ2n) is 4.94. The van der Waals surface area contributed by atoms with E-state index >= 15 is 0 Å². The van der Waals surface area contributed by atoms with Crippen LogP contribution < -0.4 is 0 Å². The Hall–Kier alpha value is -2.23. The van der Waals surface area contributed by atoms with E-state index in [2.05, 4.69) is 12.3 Å². The van der Waals surface area contributed by atoms with E-state index in [0.717, 1.165) is 11.3 Å². The highest BCUT2D eigenvalue weighted by Gasteiger charge is 2.21. The number of hydrogen-bond donors (Lipinski definition) is 0. The number of sulfonamides is 1. The van der Waals surface area contributed by atoms with Crippen molar-refractivity contribution >= 4 is 10.0 Å². The summed E-state index contributed by atoms with van der Waals surface area (Å²) in [5.41, 5.74) is 3.56. The Morgan fingerprint density at radius 1 is 1.27 bits per heavy atom. The molecule has 0 aliphatic heterocycles. The Balaban J connectivity index is 2.12. The van der Waals surface area contributed by atoms with Crippen molar-refractivity contribution in [3.63, 3.8) is 0 Å². The minimum atomic E-state index is -3.58. The van der Waals surface area contributed by atoms with Gasteiger partial charge in [-0.2, -0.15) is 0 Å². The smallest absolute Gasteiger partial charge is 0.264 e. The van der Waals surface area contributed by atoms with Crippen LogP contribution in [-0.2, 0) is 16.4 Å². The molecule has 0 atom stereocenters. The molecule has 0 spiro atoms. The Kier molecular flexibility index (Phi) is 5.26. The average Bonchev–Trinajstić information content (AvgIpc) is 3.00. The van der Waals surface area contributed by atoms with Gasteiger partial charge in [-0.15, -0.1) is 5.73 Å². The van der Waals surface area contributed by atoms with Gasteiger partial charge in [-0.3, -0.25) is 4.31 Å². The lowest BCUT2D eigenvalue weighted by atomic mass is 10.2. The van der Waals surface area contributed by atoms with E-state index in [1.54, 1.807) is 30.5 Å². The molecular formula is C17H19NO3S. The summed E-state index contributed by atoms with van der Waals surface area (Å²) in [6.45, 7) is 5.74. The van der Waals surface area contributed by atoms with E-state index in [1.807, 2.05) is 19.1 Å². The van der Waals surface area contributed by atoms with Gasteiger partial charge in [0.05, 0.1) is 17.4 Å². The zero-order valence-electron chi connectivity index (χ0n) is 12.5.